The maximum Gasteiger partial charge on any atom is 0.448 e. The first kappa shape index (κ1) is 21.9. The summed E-state index contributed by atoms with van der Waals surface area (Å²) >= 11 is 0. The Hall–Kier alpha value is -4.14. The van der Waals surface area contributed by atoms with Crippen molar-refractivity contribution in [1.82, 2.24) is 0 Å². The Morgan fingerprint density at radius 1 is 0.447 bits per heavy atom. The van der Waals surface area contributed by atoms with Crippen LogP contribution < -0.4 is 10.6 Å². The zero-order valence-corrected chi connectivity index (χ0v) is 20.8. The number of alkyl halides is 3. The van der Waals surface area contributed by atoms with Crippen LogP contribution in [0.1, 0.15) is 0 Å². The second-order valence-electron chi connectivity index (χ2n) is 9.97. The predicted octanol–water partition coefficient (Wildman–Crippen LogP) is 9.32. The Balaban J connectivity index is 1.61. The van der Waals surface area contributed by atoms with Gasteiger partial charge < -0.3 is 4.57 Å². The van der Waals surface area contributed by atoms with E-state index in [1.807, 2.05) is 72.8 Å². The summed E-state index contributed by atoms with van der Waals surface area (Å²) in [6, 6.07) is 32.7. The van der Waals surface area contributed by atoms with Gasteiger partial charge in [-0.1, -0.05) is 97.1 Å². The summed E-state index contributed by atoms with van der Waals surface area (Å²) in [6.45, 7) is 0. The third-order valence-electron chi connectivity index (χ3n) is 8.01. The van der Waals surface area contributed by atoms with E-state index >= 15 is 17.7 Å². The van der Waals surface area contributed by atoms with Gasteiger partial charge in [-0.05, 0) is 76.8 Å². The van der Waals surface area contributed by atoms with E-state index in [4.69, 9.17) is 0 Å². The number of hydrogen-bond donors (Lipinski definition) is 0. The van der Waals surface area contributed by atoms with Crippen molar-refractivity contribution in [2.75, 3.05) is 0 Å². The average molecular weight is 518 g/mol. The Labute approximate surface area is 215 Å². The Morgan fingerprint density at radius 2 is 0.789 bits per heavy atom. The van der Waals surface area contributed by atoms with Gasteiger partial charge >= 0.3 is 5.92 Å². The minimum atomic E-state index is -5.18. The van der Waals surface area contributed by atoms with Crippen LogP contribution in [0.4, 0.5) is 13.2 Å². The highest BCUT2D eigenvalue weighted by Crippen LogP contribution is 2.62. The van der Waals surface area contributed by atoms with Gasteiger partial charge in [-0.25, -0.2) is 0 Å². The largest absolute Gasteiger partial charge is 0.448 e. The summed E-state index contributed by atoms with van der Waals surface area (Å²) in [5.41, 5.74) is 0. The summed E-state index contributed by atoms with van der Waals surface area (Å²) in [7, 11) is -5.18. The van der Waals surface area contributed by atoms with Crippen molar-refractivity contribution in [3.05, 3.63) is 109 Å². The highest BCUT2D eigenvalue weighted by atomic mass is 31.2. The van der Waals surface area contributed by atoms with E-state index in [-0.39, 0.29) is 10.6 Å². The molecule has 0 atom stereocenters. The zero-order valence-electron chi connectivity index (χ0n) is 19.9. The maximum absolute atomic E-state index is 15.4. The molecule has 0 aromatic heterocycles. The molecule has 0 saturated heterocycles. The first-order valence-electron chi connectivity index (χ1n) is 12.4. The van der Waals surface area contributed by atoms with Gasteiger partial charge in [0, 0.05) is 10.6 Å². The van der Waals surface area contributed by atoms with Gasteiger partial charge in [0.15, 0.2) is 0 Å². The van der Waals surface area contributed by atoms with E-state index in [0.29, 0.717) is 21.5 Å². The summed E-state index contributed by atoms with van der Waals surface area (Å²) in [5, 5.41) is 8.56. The van der Waals surface area contributed by atoms with Crippen LogP contribution in [0.15, 0.2) is 109 Å². The first-order chi connectivity index (χ1) is 18.4. The molecule has 0 heterocycles. The SMILES string of the molecule is O=P(c1cc2cccc3ccc4cccc1c4c32)(c1cc2cccc3ccc4cccc1c4c32)C(F)(F)F. The summed E-state index contributed by atoms with van der Waals surface area (Å²) in [4.78, 5) is 0. The number of halogens is 3. The first-order valence-corrected chi connectivity index (χ1v) is 14.1. The van der Waals surface area contributed by atoms with Crippen LogP contribution >= 0.6 is 7.14 Å². The van der Waals surface area contributed by atoms with Crippen LogP contribution in [-0.4, -0.2) is 5.92 Å². The molecule has 5 heteroatoms. The monoisotopic (exact) mass is 518 g/mol. The fourth-order valence-electron chi connectivity index (χ4n) is 6.41. The molecule has 8 aromatic carbocycles. The molecule has 0 saturated carbocycles. The molecule has 0 unspecified atom stereocenters. The maximum atomic E-state index is 15.4. The number of benzene rings is 8. The van der Waals surface area contributed by atoms with E-state index in [0.717, 1.165) is 43.1 Å². The molecule has 38 heavy (non-hydrogen) atoms. The molecule has 0 N–H and O–H groups in total. The average Bonchev–Trinajstić information content (AvgIpc) is 2.93. The van der Waals surface area contributed by atoms with Gasteiger partial charge in [-0.15, -0.1) is 0 Å². The lowest BCUT2D eigenvalue weighted by Crippen LogP contribution is -2.29. The van der Waals surface area contributed by atoms with Gasteiger partial charge in [-0.3, -0.25) is 0 Å². The molecular formula is C33H18F3OP. The van der Waals surface area contributed by atoms with Crippen molar-refractivity contribution in [1.29, 1.82) is 0 Å². The van der Waals surface area contributed by atoms with E-state index in [1.54, 1.807) is 24.3 Å². The zero-order chi connectivity index (χ0) is 25.8. The van der Waals surface area contributed by atoms with Crippen molar-refractivity contribution >= 4 is 82.4 Å². The Bertz CT molecular complexity index is 2110. The molecule has 0 fully saturated rings. The Morgan fingerprint density at radius 3 is 1.18 bits per heavy atom. The van der Waals surface area contributed by atoms with Gasteiger partial charge in [-0.2, -0.15) is 13.2 Å². The minimum absolute atomic E-state index is 0.156. The third kappa shape index (κ3) is 2.66. The smallest absolute Gasteiger partial charge is 0.304 e. The topological polar surface area (TPSA) is 17.1 Å². The van der Waals surface area contributed by atoms with E-state index in [1.165, 1.54) is 12.1 Å². The molecule has 0 amide bonds. The summed E-state index contributed by atoms with van der Waals surface area (Å²) in [5.74, 6) is -4.99. The van der Waals surface area contributed by atoms with Crippen LogP contribution in [0.3, 0.4) is 0 Å². The van der Waals surface area contributed by atoms with Gasteiger partial charge in [0.1, 0.15) is 0 Å². The van der Waals surface area contributed by atoms with Crippen LogP contribution in [0.2, 0.25) is 0 Å². The Kier molecular flexibility index (Phi) is 4.17. The van der Waals surface area contributed by atoms with E-state index in [2.05, 4.69) is 0 Å². The highest BCUT2D eigenvalue weighted by molar-refractivity contribution is 7.80. The molecule has 0 aliphatic heterocycles. The molecule has 0 radical (unpaired) electrons. The minimum Gasteiger partial charge on any atom is -0.304 e. The molecular weight excluding hydrogens is 500 g/mol. The van der Waals surface area contributed by atoms with Crippen molar-refractivity contribution in [3.8, 4) is 0 Å². The van der Waals surface area contributed by atoms with Crippen molar-refractivity contribution < 1.29 is 17.7 Å². The fourth-order valence-corrected chi connectivity index (χ4v) is 8.91. The van der Waals surface area contributed by atoms with Crippen LogP contribution in [-0.2, 0) is 4.57 Å². The normalized spacial score (nSPS) is 13.2. The fraction of sp³-hybridized carbons (Fsp3) is 0.0303. The van der Waals surface area contributed by atoms with Crippen LogP contribution in [0.25, 0.3) is 64.6 Å². The standard InChI is InChI=1S/C33H18F3OP/c34-33(35,36)38(37,27-17-23-9-1-5-19-13-15-21-7-3-11-25(27)31(21)29(19)23)28-18-24-10-2-6-20-14-16-22-8-4-12-26(28)32(22)30(20)24/h1-18H. The molecule has 0 aliphatic rings. The number of hydrogen-bond acceptors (Lipinski definition) is 1. The lowest BCUT2D eigenvalue weighted by atomic mass is 9.94. The summed E-state index contributed by atoms with van der Waals surface area (Å²) < 4.78 is 61.3. The lowest BCUT2D eigenvalue weighted by molar-refractivity contribution is -0.0436. The predicted molar refractivity (Wildman–Crippen MR) is 153 cm³/mol. The lowest BCUT2D eigenvalue weighted by Gasteiger charge is -2.27. The molecule has 0 aliphatic carbocycles. The molecule has 0 bridgehead atoms. The van der Waals surface area contributed by atoms with E-state index in [9.17, 15) is 0 Å². The van der Waals surface area contributed by atoms with Crippen LogP contribution in [0.5, 0.6) is 0 Å². The quantitative estimate of drug-likeness (QED) is 0.165. The van der Waals surface area contributed by atoms with Gasteiger partial charge in [0.05, 0.1) is 0 Å². The number of rotatable bonds is 2. The molecule has 1 nitrogen and oxygen atoms in total. The molecule has 8 aromatic rings. The highest BCUT2D eigenvalue weighted by Gasteiger charge is 2.55. The van der Waals surface area contributed by atoms with Gasteiger partial charge in [0.25, 0.3) is 0 Å². The van der Waals surface area contributed by atoms with E-state index < -0.39 is 13.1 Å². The molecule has 182 valence electrons. The molecule has 8 rings (SSSR count). The van der Waals surface area contributed by atoms with Gasteiger partial charge in [0.2, 0.25) is 7.14 Å². The molecule has 0 spiro atoms. The van der Waals surface area contributed by atoms with Crippen molar-refractivity contribution in [2.24, 2.45) is 0 Å². The second kappa shape index (κ2) is 7.24. The van der Waals surface area contributed by atoms with Crippen molar-refractivity contribution in [3.63, 3.8) is 0 Å². The third-order valence-corrected chi connectivity index (χ3v) is 10.8. The second-order valence-corrected chi connectivity index (χ2v) is 12.7. The van der Waals surface area contributed by atoms with Crippen molar-refractivity contribution in [2.45, 2.75) is 5.92 Å². The van der Waals surface area contributed by atoms with Crippen LogP contribution in [0, 0.1) is 0 Å². The summed E-state index contributed by atoms with van der Waals surface area (Å²) in [6.07, 6.45) is 0.